The second-order valence-electron chi connectivity index (χ2n) is 9.97. The molecule has 1 aliphatic carbocycles. The Bertz CT molecular complexity index is 1150. The molecule has 0 spiro atoms. The largest absolute Gasteiger partial charge is 0.349 e. The number of benzene rings is 2. The third-order valence-electron chi connectivity index (χ3n) is 7.39. The van der Waals surface area contributed by atoms with Crippen LogP contribution in [0.15, 0.2) is 42.5 Å². The summed E-state index contributed by atoms with van der Waals surface area (Å²) in [5, 5.41) is 6.29. The number of fused-ring (bicyclic) bond motifs is 1. The van der Waals surface area contributed by atoms with Gasteiger partial charge in [-0.1, -0.05) is 78.9 Å². The van der Waals surface area contributed by atoms with Crippen molar-refractivity contribution in [3.8, 4) is 11.4 Å². The molecule has 3 N–H and O–H groups in total. The summed E-state index contributed by atoms with van der Waals surface area (Å²) in [6, 6.07) is 13.5. The Morgan fingerprint density at radius 1 is 1.03 bits per heavy atom. The first-order chi connectivity index (χ1) is 18.0. The van der Waals surface area contributed by atoms with Crippen LogP contribution in [0.5, 0.6) is 0 Å². The molecule has 0 aliphatic heterocycles. The number of hydrogen-bond acceptors (Lipinski definition) is 3. The van der Waals surface area contributed by atoms with Gasteiger partial charge in [0.25, 0.3) is 5.91 Å². The topological polar surface area (TPSA) is 86.9 Å². The smallest absolute Gasteiger partial charge is 0.251 e. The van der Waals surface area contributed by atoms with Crippen molar-refractivity contribution in [1.29, 1.82) is 0 Å². The van der Waals surface area contributed by atoms with Gasteiger partial charge >= 0.3 is 0 Å². The number of aromatic amines is 1. The van der Waals surface area contributed by atoms with Crippen LogP contribution in [0.2, 0.25) is 0 Å². The molecule has 3 aromatic rings. The molecule has 0 radical (unpaired) electrons. The summed E-state index contributed by atoms with van der Waals surface area (Å²) in [6.07, 6.45) is 8.54. The summed E-state index contributed by atoms with van der Waals surface area (Å²) in [5.41, 5.74) is 4.07. The number of carbonyl (C=O) groups excluding carboxylic acids is 2. The van der Waals surface area contributed by atoms with Crippen molar-refractivity contribution in [2.75, 3.05) is 5.32 Å². The molecule has 1 heterocycles. The molecular weight excluding hydrogens is 460 g/mol. The van der Waals surface area contributed by atoms with E-state index in [0.29, 0.717) is 11.5 Å². The van der Waals surface area contributed by atoms with Crippen LogP contribution < -0.4 is 10.6 Å². The van der Waals surface area contributed by atoms with E-state index >= 15 is 0 Å². The van der Waals surface area contributed by atoms with Crippen LogP contribution in [0, 0.1) is 11.8 Å². The normalized spacial score (nSPS) is 15.4. The molecule has 2 amide bonds. The van der Waals surface area contributed by atoms with Crippen LogP contribution in [0.4, 0.5) is 5.69 Å². The Morgan fingerprint density at radius 3 is 2.38 bits per heavy atom. The highest BCUT2D eigenvalue weighted by atomic mass is 16.2. The summed E-state index contributed by atoms with van der Waals surface area (Å²) < 4.78 is 0. The van der Waals surface area contributed by atoms with Crippen molar-refractivity contribution in [1.82, 2.24) is 15.3 Å². The minimum absolute atomic E-state index is 0.0294. The van der Waals surface area contributed by atoms with Crippen molar-refractivity contribution in [2.24, 2.45) is 11.8 Å². The lowest BCUT2D eigenvalue weighted by Crippen LogP contribution is -2.39. The van der Waals surface area contributed by atoms with E-state index in [-0.39, 0.29) is 23.8 Å². The second-order valence-corrected chi connectivity index (χ2v) is 9.97. The van der Waals surface area contributed by atoms with E-state index < -0.39 is 0 Å². The number of aromatic nitrogens is 2. The van der Waals surface area contributed by atoms with Crippen molar-refractivity contribution >= 4 is 28.5 Å². The van der Waals surface area contributed by atoms with E-state index in [0.717, 1.165) is 73.1 Å². The Morgan fingerprint density at radius 2 is 1.73 bits per heavy atom. The fourth-order valence-corrected chi connectivity index (χ4v) is 4.96. The molecule has 2 aromatic carbocycles. The first kappa shape index (κ1) is 28.4. The minimum Gasteiger partial charge on any atom is -0.349 e. The molecular formula is C31H44N4O2. The van der Waals surface area contributed by atoms with Crippen LogP contribution in [-0.4, -0.2) is 27.8 Å². The molecule has 37 heavy (non-hydrogen) atoms. The first-order valence-corrected chi connectivity index (χ1v) is 14.2. The highest BCUT2D eigenvalue weighted by molar-refractivity contribution is 5.96. The number of nitrogens with zero attached hydrogens (tertiary/aromatic N) is 1. The Balaban J connectivity index is 0.00000186. The lowest BCUT2D eigenvalue weighted by Gasteiger charge is -2.24. The molecule has 2 unspecified atom stereocenters. The monoisotopic (exact) mass is 504 g/mol. The predicted molar refractivity (Wildman–Crippen MR) is 154 cm³/mol. The molecule has 0 bridgehead atoms. The molecule has 1 fully saturated rings. The number of imidazole rings is 1. The summed E-state index contributed by atoms with van der Waals surface area (Å²) in [6.45, 7) is 10.5. The molecule has 1 saturated carbocycles. The molecule has 0 saturated heterocycles. The lowest BCUT2D eigenvalue weighted by atomic mass is 9.88. The number of H-pyrrole nitrogens is 1. The van der Waals surface area contributed by atoms with E-state index in [1.54, 1.807) is 0 Å². The highest BCUT2D eigenvalue weighted by Crippen LogP contribution is 2.27. The van der Waals surface area contributed by atoms with Gasteiger partial charge in [0.2, 0.25) is 5.91 Å². The van der Waals surface area contributed by atoms with Crippen LogP contribution in [0.3, 0.4) is 0 Å². The van der Waals surface area contributed by atoms with Gasteiger partial charge in [-0.05, 0) is 55.5 Å². The van der Waals surface area contributed by atoms with Gasteiger partial charge in [-0.15, -0.1) is 0 Å². The quantitative estimate of drug-likeness (QED) is 0.279. The van der Waals surface area contributed by atoms with E-state index in [9.17, 15) is 9.59 Å². The maximum atomic E-state index is 12.8. The van der Waals surface area contributed by atoms with Gasteiger partial charge in [0.1, 0.15) is 5.82 Å². The summed E-state index contributed by atoms with van der Waals surface area (Å²) >= 11 is 0. The molecule has 6 nitrogen and oxygen atoms in total. The minimum atomic E-state index is -0.0294. The Hall–Kier alpha value is -3.15. The van der Waals surface area contributed by atoms with Crippen molar-refractivity contribution < 1.29 is 9.59 Å². The SMILES string of the molecule is CC.CCCC(NC(=O)c1ccc(-c2nc3ccc(NC(=O)C4CCCCC4)cc3[nH]2)cc1)C(C)CC. The lowest BCUT2D eigenvalue weighted by molar-refractivity contribution is -0.120. The van der Waals surface area contributed by atoms with Crippen LogP contribution >= 0.6 is 0 Å². The molecule has 4 rings (SSSR count). The van der Waals surface area contributed by atoms with Crippen LogP contribution in [-0.2, 0) is 4.79 Å². The van der Waals surface area contributed by atoms with E-state index in [4.69, 9.17) is 4.98 Å². The van der Waals surface area contributed by atoms with Gasteiger partial charge in [-0.3, -0.25) is 9.59 Å². The Labute approximate surface area is 222 Å². The van der Waals surface area contributed by atoms with Gasteiger partial charge < -0.3 is 15.6 Å². The first-order valence-electron chi connectivity index (χ1n) is 14.2. The summed E-state index contributed by atoms with van der Waals surface area (Å²) in [7, 11) is 0. The third-order valence-corrected chi connectivity index (χ3v) is 7.39. The average Bonchev–Trinajstić information content (AvgIpc) is 3.37. The summed E-state index contributed by atoms with van der Waals surface area (Å²) in [4.78, 5) is 33.5. The van der Waals surface area contributed by atoms with Gasteiger partial charge in [0, 0.05) is 28.8 Å². The maximum absolute atomic E-state index is 12.8. The van der Waals surface area contributed by atoms with Crippen molar-refractivity contribution in [2.45, 2.75) is 92.0 Å². The number of carbonyl (C=O) groups is 2. The number of amides is 2. The third kappa shape index (κ3) is 7.43. The van der Waals surface area contributed by atoms with E-state index in [1.165, 1.54) is 6.42 Å². The van der Waals surface area contributed by atoms with Gasteiger partial charge in [-0.2, -0.15) is 0 Å². The second kappa shape index (κ2) is 14.0. The average molecular weight is 505 g/mol. The summed E-state index contributed by atoms with van der Waals surface area (Å²) in [5.74, 6) is 1.40. The van der Waals surface area contributed by atoms with Crippen molar-refractivity contribution in [3.05, 3.63) is 48.0 Å². The van der Waals surface area contributed by atoms with E-state index in [1.807, 2.05) is 56.3 Å². The van der Waals surface area contributed by atoms with Gasteiger partial charge in [0.05, 0.1) is 11.0 Å². The molecule has 2 atom stereocenters. The number of hydrogen-bond donors (Lipinski definition) is 3. The number of anilines is 1. The Kier molecular flexibility index (Phi) is 10.7. The zero-order valence-electron chi connectivity index (χ0n) is 23.2. The molecule has 1 aromatic heterocycles. The zero-order chi connectivity index (χ0) is 26.8. The highest BCUT2D eigenvalue weighted by Gasteiger charge is 2.21. The van der Waals surface area contributed by atoms with Gasteiger partial charge in [-0.25, -0.2) is 4.98 Å². The van der Waals surface area contributed by atoms with Crippen molar-refractivity contribution in [3.63, 3.8) is 0 Å². The van der Waals surface area contributed by atoms with Crippen LogP contribution in [0.25, 0.3) is 22.4 Å². The zero-order valence-corrected chi connectivity index (χ0v) is 23.2. The molecule has 6 heteroatoms. The fraction of sp³-hybridized carbons (Fsp3) is 0.516. The molecule has 1 aliphatic rings. The predicted octanol–water partition coefficient (Wildman–Crippen LogP) is 7.72. The number of rotatable bonds is 9. The molecule has 200 valence electrons. The van der Waals surface area contributed by atoms with Gasteiger partial charge in [0.15, 0.2) is 0 Å². The standard InChI is InChI=1S/C29H38N4O2.C2H6/c1-4-9-24(19(3)5-2)33-29(35)22-14-12-20(13-15-22)27-31-25-17-16-23(18-26(25)32-27)30-28(34)21-10-7-6-8-11-21;1-2/h12-19,21,24H,4-11H2,1-3H3,(H,30,34)(H,31,32)(H,33,35);1-2H3. The number of nitrogens with one attached hydrogen (secondary N) is 3. The fourth-order valence-electron chi connectivity index (χ4n) is 4.96. The maximum Gasteiger partial charge on any atom is 0.251 e. The van der Waals surface area contributed by atoms with E-state index in [2.05, 4.69) is 36.4 Å². The van der Waals surface area contributed by atoms with Crippen LogP contribution in [0.1, 0.15) is 96.3 Å².